The molecule has 0 amide bonds. The van der Waals surface area contributed by atoms with Gasteiger partial charge < -0.3 is 0 Å². The molecule has 24 valence electrons. The van der Waals surface area contributed by atoms with Crippen LogP contribution in [-0.4, -0.2) is 10.1 Å². The third-order valence-corrected chi connectivity index (χ3v) is 0. The summed E-state index contributed by atoms with van der Waals surface area (Å²) in [4.78, 5) is 0. The fourth-order valence-corrected chi connectivity index (χ4v) is 0. The molecular formula is H4BFP2. The summed E-state index contributed by atoms with van der Waals surface area (Å²) in [6.45, 7) is 0. The van der Waals surface area contributed by atoms with Gasteiger partial charge in [0, 0.05) is 7.80 Å². The van der Waals surface area contributed by atoms with Gasteiger partial charge in [0.1, 0.15) is 0 Å². The van der Waals surface area contributed by atoms with E-state index in [0.29, 0.717) is 0 Å². The average Bonchev–Trinajstić information content (AvgIpc) is 1.36. The number of hydrogen-bond donors (Lipinski definition) is 0. The van der Waals surface area contributed by atoms with E-state index in [9.17, 15) is 4.20 Å². The monoisotopic (exact) mass is 99.0 g/mol. The molecule has 0 heterocycles. The third-order valence-electron chi connectivity index (χ3n) is 0. The van der Waals surface area contributed by atoms with E-state index in [4.69, 9.17) is 2.56 Å². The molecule has 2 atom stereocenters. The van der Waals surface area contributed by atoms with Crippen LogP contribution >= 0.6 is 16.6 Å². The molecule has 0 aliphatic rings. The van der Waals surface area contributed by atoms with Gasteiger partial charge in [0.2, 0.25) is 0 Å². The number of hydrogen-bond acceptors (Lipinski definition) is 0. The Morgan fingerprint density at radius 2 is 3.25 bits per heavy atom. The molecule has 0 spiro atoms. The topological polar surface area (TPSA) is 0 Å². The normalized spacial score (nSPS) is 30.2. The van der Waals surface area contributed by atoms with Crippen LogP contribution in [0.5, 0.6) is 0 Å². The van der Waals surface area contributed by atoms with Crippen molar-refractivity contribution in [2.24, 2.45) is 0 Å². The lowest BCUT2D eigenvalue weighted by Crippen LogP contribution is -1.29. The van der Waals surface area contributed by atoms with Gasteiger partial charge in [-0.1, -0.05) is 8.82 Å². The van der Waals surface area contributed by atoms with Crippen molar-refractivity contribution >= 4 is 24.2 Å². The number of rotatable bonds is 1. The van der Waals surface area contributed by atoms with Gasteiger partial charge in [-0.15, -0.1) is 0 Å². The highest BCUT2D eigenvalue weighted by Crippen LogP contribution is 2.39. The minimum Gasteiger partial charge on any atom is -0.235 e. The minimum atomic E-state index is -1.76. The molecule has 0 N–H and O–H groups in total. The van der Waals surface area contributed by atoms with Crippen molar-refractivity contribution in [3.05, 3.63) is 0 Å². The zero-order valence-corrected chi connectivity index (χ0v) is 4.06. The van der Waals surface area contributed by atoms with E-state index in [1.807, 2.05) is 0 Å². The van der Waals surface area contributed by atoms with Crippen LogP contribution in [0.2, 0.25) is 0 Å². The Morgan fingerprint density at radius 1 is 3.00 bits per heavy atom. The standard InChI is InChI=1S/BFH4P2/c1-4(2)3/h1,3H2/i3TD. The molecule has 0 nitrogen and oxygen atoms in total. The maximum Gasteiger partial charge on any atom is 0.180 e. The van der Waals surface area contributed by atoms with Crippen molar-refractivity contribution in [1.29, 1.82) is 2.56 Å². The molecule has 0 saturated carbocycles. The molecule has 4 heavy (non-hydrogen) atoms. The van der Waals surface area contributed by atoms with Crippen molar-refractivity contribution in [3.8, 4) is 0 Å². The van der Waals surface area contributed by atoms with Crippen molar-refractivity contribution in [3.63, 3.8) is 0 Å². The molecule has 0 aliphatic heterocycles. The first-order chi connectivity index (χ1) is 2.64. The summed E-state index contributed by atoms with van der Waals surface area (Å²) in [5.41, 5.74) is 0. The van der Waals surface area contributed by atoms with Crippen LogP contribution in [0.4, 0.5) is 4.20 Å². The van der Waals surface area contributed by atoms with Gasteiger partial charge in [-0.05, 0) is 0 Å². The molecule has 0 saturated heterocycles. The number of halogens is 1. The van der Waals surface area contributed by atoms with Crippen LogP contribution in [0.3, 0.4) is 0 Å². The van der Waals surface area contributed by atoms with E-state index in [1.165, 1.54) is 7.57 Å². The summed E-state index contributed by atoms with van der Waals surface area (Å²) in [6, 6.07) is 0. The second kappa shape index (κ2) is 2.11. The quantitative estimate of drug-likeness (QED) is 0.335. The lowest BCUT2D eigenvalue weighted by Gasteiger charge is -1.74. The molecule has 0 fully saturated rings. The second-order valence-corrected chi connectivity index (χ2v) is 2.99. The Kier molecular flexibility index (Phi) is 1.11. The van der Waals surface area contributed by atoms with Crippen LogP contribution in [-0.2, 0) is 0 Å². The molecule has 0 aromatic rings. The Morgan fingerprint density at radius 3 is 3.25 bits per heavy atom. The highest BCUT2D eigenvalue weighted by molar-refractivity contribution is 8.23. The Bertz CT molecular complexity index is 32.5. The Hall–Kier alpha value is 0.855. The minimum absolute atomic E-state index is 1.29. The Balaban J connectivity index is 2.99. The molecule has 0 bridgehead atoms. The van der Waals surface area contributed by atoms with Crippen LogP contribution in [0.25, 0.3) is 0 Å². The largest absolute Gasteiger partial charge is 0.235 e. The van der Waals surface area contributed by atoms with Crippen molar-refractivity contribution in [2.45, 2.75) is 0 Å². The van der Waals surface area contributed by atoms with E-state index in [0.717, 1.165) is 0 Å². The van der Waals surface area contributed by atoms with Gasteiger partial charge in [0.15, 0.2) is 7.57 Å². The second-order valence-electron chi connectivity index (χ2n) is 0.445. The molecule has 0 radical (unpaired) electrons. The predicted molar refractivity (Wildman–Crippen MR) is 26.3 cm³/mol. The zero-order valence-electron chi connectivity index (χ0n) is 4.27. The molecule has 0 aromatic carbocycles. The summed E-state index contributed by atoms with van der Waals surface area (Å²) < 4.78 is 24.4. The fourth-order valence-electron chi connectivity index (χ4n) is 0. The van der Waals surface area contributed by atoms with Crippen LogP contribution in [0.15, 0.2) is 0 Å². The maximum atomic E-state index is 11.5. The maximum absolute atomic E-state index is 11.5. The van der Waals surface area contributed by atoms with Crippen molar-refractivity contribution < 1.29 is 4.20 Å². The molecular weight excluding hydrogens is 91.8 g/mol. The summed E-state index contributed by atoms with van der Waals surface area (Å²) >= 11 is 0. The molecule has 2 unspecified atom stereocenters. The Labute approximate surface area is 32.1 Å². The van der Waals surface area contributed by atoms with E-state index in [-0.39, 0.29) is 0 Å². The lowest BCUT2D eigenvalue weighted by molar-refractivity contribution is 0.930. The average molecular weight is 98.8 g/mol. The first-order valence-electron chi connectivity index (χ1n) is 1.71. The highest BCUT2D eigenvalue weighted by atomic mass is 32.0. The third kappa shape index (κ3) is 13.4. The van der Waals surface area contributed by atoms with Crippen molar-refractivity contribution in [2.75, 3.05) is 0 Å². The molecule has 0 aromatic heterocycles. The fraction of sp³-hybridized carbons (Fsp3) is 0. The van der Waals surface area contributed by atoms with Gasteiger partial charge in [-0.3, -0.25) is 0 Å². The van der Waals surface area contributed by atoms with E-state index >= 15 is 0 Å². The van der Waals surface area contributed by atoms with Crippen molar-refractivity contribution in [1.82, 2.24) is 0 Å². The van der Waals surface area contributed by atoms with Gasteiger partial charge in [0.25, 0.3) is 0 Å². The van der Waals surface area contributed by atoms with Crippen LogP contribution in [0, 0.1) is 0 Å². The lowest BCUT2D eigenvalue weighted by atomic mass is 10.8. The SMILES string of the molecule is [2H]P([3H])P(B)F. The van der Waals surface area contributed by atoms with Gasteiger partial charge in [0.05, 0.1) is 2.56 Å². The first-order valence-corrected chi connectivity index (χ1v) is 3.65. The first kappa shape index (κ1) is 2.10. The van der Waals surface area contributed by atoms with Crippen LogP contribution in [0.1, 0.15) is 0 Å². The van der Waals surface area contributed by atoms with E-state index in [1.54, 1.807) is 0 Å². The summed E-state index contributed by atoms with van der Waals surface area (Å²) in [7, 11) is -2.23. The zero-order chi connectivity index (χ0) is 5.15. The highest BCUT2D eigenvalue weighted by Gasteiger charge is 1.74. The van der Waals surface area contributed by atoms with Gasteiger partial charge in [-0.2, -0.15) is 0 Å². The van der Waals surface area contributed by atoms with Gasteiger partial charge in [-0.25, -0.2) is 4.20 Å². The summed E-state index contributed by atoms with van der Waals surface area (Å²) in [6.07, 6.45) is 0. The smallest absolute Gasteiger partial charge is 0.180 e. The summed E-state index contributed by atoms with van der Waals surface area (Å²) in [5.74, 6) is 0. The van der Waals surface area contributed by atoms with E-state index < -0.39 is 16.6 Å². The van der Waals surface area contributed by atoms with Gasteiger partial charge >= 0.3 is 0 Å². The molecule has 4 heteroatoms. The predicted octanol–water partition coefficient (Wildman–Crippen LogP) is 0.691. The van der Waals surface area contributed by atoms with Crippen LogP contribution < -0.4 is 0 Å². The van der Waals surface area contributed by atoms with E-state index in [2.05, 4.69) is 0 Å². The molecule has 0 rings (SSSR count). The molecule has 0 aliphatic carbocycles. The summed E-state index contributed by atoms with van der Waals surface area (Å²) in [5, 5.41) is 0.